The molecule has 5 heteroatoms. The van der Waals surface area contributed by atoms with Crippen LogP contribution in [0.4, 0.5) is 0 Å². The number of hydrazine groups is 1. The first-order valence-corrected chi connectivity index (χ1v) is 4.83. The molecule has 0 fully saturated rings. The zero-order chi connectivity index (χ0) is 10.6. The summed E-state index contributed by atoms with van der Waals surface area (Å²) in [5, 5.41) is 0.348. The van der Waals surface area contributed by atoms with Crippen molar-refractivity contribution in [2.75, 3.05) is 6.61 Å². The van der Waals surface area contributed by atoms with Crippen LogP contribution in [0.5, 0.6) is 0 Å². The third-order valence-corrected chi connectivity index (χ3v) is 2.13. The number of ether oxygens (including phenoxy) is 1. The van der Waals surface area contributed by atoms with Crippen molar-refractivity contribution in [1.29, 1.82) is 0 Å². The van der Waals surface area contributed by atoms with E-state index in [9.17, 15) is 0 Å². The van der Waals surface area contributed by atoms with Gasteiger partial charge < -0.3 is 9.15 Å². The summed E-state index contributed by atoms with van der Waals surface area (Å²) in [4.78, 5) is 0. The first-order chi connectivity index (χ1) is 6.65. The molecule has 1 atom stereocenters. The fourth-order valence-corrected chi connectivity index (χ4v) is 1.32. The van der Waals surface area contributed by atoms with Gasteiger partial charge in [0.25, 0.3) is 0 Å². The molecule has 1 aromatic heterocycles. The van der Waals surface area contributed by atoms with Gasteiger partial charge >= 0.3 is 0 Å². The summed E-state index contributed by atoms with van der Waals surface area (Å²) in [6, 6.07) is 1.64. The molecule has 1 rings (SSSR count). The number of furan rings is 1. The van der Waals surface area contributed by atoms with E-state index in [0.29, 0.717) is 11.8 Å². The number of hydrogen-bond acceptors (Lipinski definition) is 4. The molecule has 0 spiro atoms. The summed E-state index contributed by atoms with van der Waals surface area (Å²) in [7, 11) is 0. The van der Waals surface area contributed by atoms with Gasteiger partial charge in [0.15, 0.2) is 5.22 Å². The zero-order valence-corrected chi connectivity index (χ0v) is 9.04. The summed E-state index contributed by atoms with van der Waals surface area (Å²) in [5.41, 5.74) is 3.45. The second-order valence-corrected chi connectivity index (χ2v) is 3.59. The number of halogens is 1. The Morgan fingerprint density at radius 1 is 1.64 bits per heavy atom. The zero-order valence-electron chi connectivity index (χ0n) is 8.29. The standard InChI is InChI=1S/C9H15ClN2O2/c1-6(2)14-5-8(12-11)7-3-4-13-9(7)10/h3-4,6,8,12H,5,11H2,1-2H3. The van der Waals surface area contributed by atoms with Crippen molar-refractivity contribution >= 4 is 11.6 Å². The van der Waals surface area contributed by atoms with E-state index in [1.54, 1.807) is 6.07 Å². The van der Waals surface area contributed by atoms with Crippen LogP contribution < -0.4 is 11.3 Å². The summed E-state index contributed by atoms with van der Waals surface area (Å²) < 4.78 is 10.4. The largest absolute Gasteiger partial charge is 0.453 e. The smallest absolute Gasteiger partial charge is 0.197 e. The Bertz CT molecular complexity index is 276. The number of hydrogen-bond donors (Lipinski definition) is 2. The van der Waals surface area contributed by atoms with Crippen LogP contribution in [0.15, 0.2) is 16.7 Å². The predicted octanol–water partition coefficient (Wildman–Crippen LogP) is 1.86. The van der Waals surface area contributed by atoms with Crippen LogP contribution in [0.3, 0.4) is 0 Å². The molecule has 0 radical (unpaired) electrons. The minimum absolute atomic E-state index is 0.136. The Balaban J connectivity index is 2.58. The van der Waals surface area contributed by atoms with E-state index in [1.165, 1.54) is 6.26 Å². The lowest BCUT2D eigenvalue weighted by Crippen LogP contribution is -2.32. The van der Waals surface area contributed by atoms with Crippen molar-refractivity contribution in [3.05, 3.63) is 23.1 Å². The van der Waals surface area contributed by atoms with E-state index >= 15 is 0 Å². The summed E-state index contributed by atoms with van der Waals surface area (Å²) in [6.07, 6.45) is 1.69. The molecule has 0 amide bonds. The van der Waals surface area contributed by atoms with Crippen LogP contribution in [-0.4, -0.2) is 12.7 Å². The SMILES string of the molecule is CC(C)OCC(NN)c1ccoc1Cl. The highest BCUT2D eigenvalue weighted by Gasteiger charge is 2.16. The Kier molecular flexibility index (Phi) is 4.41. The van der Waals surface area contributed by atoms with Crippen molar-refractivity contribution in [2.24, 2.45) is 5.84 Å². The Morgan fingerprint density at radius 2 is 2.36 bits per heavy atom. The van der Waals surface area contributed by atoms with Crippen LogP contribution in [0.25, 0.3) is 0 Å². The minimum Gasteiger partial charge on any atom is -0.453 e. The van der Waals surface area contributed by atoms with Crippen molar-refractivity contribution in [3.8, 4) is 0 Å². The van der Waals surface area contributed by atoms with Gasteiger partial charge in [-0.05, 0) is 31.5 Å². The molecule has 1 heterocycles. The Labute approximate surface area is 88.3 Å². The lowest BCUT2D eigenvalue weighted by atomic mass is 10.2. The van der Waals surface area contributed by atoms with Gasteiger partial charge in [-0.15, -0.1) is 0 Å². The average Bonchev–Trinajstić information content (AvgIpc) is 2.53. The fraction of sp³-hybridized carbons (Fsp3) is 0.556. The highest BCUT2D eigenvalue weighted by molar-refractivity contribution is 6.29. The molecule has 0 aliphatic rings. The molecule has 1 aromatic rings. The van der Waals surface area contributed by atoms with Crippen molar-refractivity contribution in [2.45, 2.75) is 26.0 Å². The van der Waals surface area contributed by atoms with Gasteiger partial charge in [0.05, 0.1) is 25.0 Å². The first-order valence-electron chi connectivity index (χ1n) is 4.45. The highest BCUT2D eigenvalue weighted by atomic mass is 35.5. The first kappa shape index (κ1) is 11.5. The van der Waals surface area contributed by atoms with Gasteiger partial charge in [-0.3, -0.25) is 11.3 Å². The van der Waals surface area contributed by atoms with Gasteiger partial charge in [0, 0.05) is 5.56 Å². The number of nitrogens with two attached hydrogens (primary N) is 1. The molecule has 1 unspecified atom stereocenters. The van der Waals surface area contributed by atoms with E-state index < -0.39 is 0 Å². The van der Waals surface area contributed by atoms with Crippen LogP contribution >= 0.6 is 11.6 Å². The molecular weight excluding hydrogens is 204 g/mol. The van der Waals surface area contributed by atoms with Gasteiger partial charge in [-0.25, -0.2) is 0 Å². The monoisotopic (exact) mass is 218 g/mol. The second-order valence-electron chi connectivity index (χ2n) is 3.25. The van der Waals surface area contributed by atoms with E-state index in [4.69, 9.17) is 26.6 Å². The van der Waals surface area contributed by atoms with E-state index in [2.05, 4.69) is 5.43 Å². The second kappa shape index (κ2) is 5.36. The third kappa shape index (κ3) is 2.99. The highest BCUT2D eigenvalue weighted by Crippen LogP contribution is 2.23. The van der Waals surface area contributed by atoms with Crippen LogP contribution in [0.1, 0.15) is 25.5 Å². The topological polar surface area (TPSA) is 60.4 Å². The van der Waals surface area contributed by atoms with Crippen LogP contribution in [0.2, 0.25) is 5.22 Å². The predicted molar refractivity (Wildman–Crippen MR) is 54.9 cm³/mol. The van der Waals surface area contributed by atoms with Gasteiger partial charge in [-0.2, -0.15) is 0 Å². The normalized spacial score (nSPS) is 13.5. The van der Waals surface area contributed by atoms with E-state index in [1.807, 2.05) is 13.8 Å². The third-order valence-electron chi connectivity index (χ3n) is 1.82. The van der Waals surface area contributed by atoms with Gasteiger partial charge in [-0.1, -0.05) is 0 Å². The minimum atomic E-state index is -0.136. The molecule has 3 N–H and O–H groups in total. The molecular formula is C9H15ClN2O2. The maximum atomic E-state index is 5.81. The van der Waals surface area contributed by atoms with Crippen molar-refractivity contribution < 1.29 is 9.15 Å². The van der Waals surface area contributed by atoms with Crippen LogP contribution in [-0.2, 0) is 4.74 Å². The van der Waals surface area contributed by atoms with Crippen molar-refractivity contribution in [1.82, 2.24) is 5.43 Å². The molecule has 14 heavy (non-hydrogen) atoms. The summed E-state index contributed by atoms with van der Waals surface area (Å²) in [5.74, 6) is 5.39. The molecule has 0 aliphatic heterocycles. The fourth-order valence-electron chi connectivity index (χ4n) is 1.07. The Morgan fingerprint density at radius 3 is 2.79 bits per heavy atom. The van der Waals surface area contributed by atoms with Gasteiger partial charge in [0.1, 0.15) is 0 Å². The summed E-state index contributed by atoms with van der Waals surface area (Å²) >= 11 is 5.81. The average molecular weight is 219 g/mol. The molecule has 0 aromatic carbocycles. The molecule has 0 bridgehead atoms. The molecule has 0 saturated carbocycles. The van der Waals surface area contributed by atoms with Crippen molar-refractivity contribution in [3.63, 3.8) is 0 Å². The number of rotatable bonds is 5. The molecule has 0 aliphatic carbocycles. The van der Waals surface area contributed by atoms with Crippen LogP contribution in [0, 0.1) is 0 Å². The van der Waals surface area contributed by atoms with Gasteiger partial charge in [0.2, 0.25) is 0 Å². The maximum absolute atomic E-state index is 5.81. The molecule has 0 saturated heterocycles. The van der Waals surface area contributed by atoms with E-state index in [0.717, 1.165) is 5.56 Å². The molecule has 80 valence electrons. The number of nitrogens with one attached hydrogen (secondary N) is 1. The quantitative estimate of drug-likeness (QED) is 0.585. The lowest BCUT2D eigenvalue weighted by molar-refractivity contribution is 0.0610. The maximum Gasteiger partial charge on any atom is 0.197 e. The summed E-state index contributed by atoms with van der Waals surface area (Å²) in [6.45, 7) is 4.39. The lowest BCUT2D eigenvalue weighted by Gasteiger charge is -2.16. The van der Waals surface area contributed by atoms with E-state index in [-0.39, 0.29) is 12.1 Å². The molecule has 4 nitrogen and oxygen atoms in total. The Hall–Kier alpha value is -0.550.